The van der Waals surface area contributed by atoms with Crippen molar-refractivity contribution in [3.8, 4) is 0 Å². The summed E-state index contributed by atoms with van der Waals surface area (Å²) < 4.78 is 2.39. The number of aromatic nitrogens is 2. The molecule has 0 bridgehead atoms. The summed E-state index contributed by atoms with van der Waals surface area (Å²) in [6.07, 6.45) is 9.09. The van der Waals surface area contributed by atoms with Crippen LogP contribution in [0.3, 0.4) is 0 Å². The monoisotopic (exact) mass is 249 g/mol. The van der Waals surface area contributed by atoms with Crippen LogP contribution in [0.4, 0.5) is 0 Å². The van der Waals surface area contributed by atoms with E-state index < -0.39 is 0 Å². The molecule has 1 saturated carbocycles. The van der Waals surface area contributed by atoms with E-state index in [1.54, 1.807) is 0 Å². The Labute approximate surface area is 111 Å². The van der Waals surface area contributed by atoms with Crippen LogP contribution in [0.1, 0.15) is 59.1 Å². The van der Waals surface area contributed by atoms with E-state index >= 15 is 0 Å². The molecule has 0 spiro atoms. The van der Waals surface area contributed by atoms with E-state index in [1.165, 1.54) is 31.4 Å². The highest BCUT2D eigenvalue weighted by atomic mass is 15.1. The molecular formula is C15H27N3. The van der Waals surface area contributed by atoms with Crippen LogP contribution in [-0.4, -0.2) is 16.1 Å². The second kappa shape index (κ2) is 4.69. The zero-order valence-corrected chi connectivity index (χ0v) is 12.2. The summed E-state index contributed by atoms with van der Waals surface area (Å²) in [6.45, 7) is 9.81. The van der Waals surface area contributed by atoms with Gasteiger partial charge in [0.25, 0.3) is 0 Å². The largest absolute Gasteiger partial charge is 0.328 e. The van der Waals surface area contributed by atoms with Crippen molar-refractivity contribution in [3.63, 3.8) is 0 Å². The first-order valence-electron chi connectivity index (χ1n) is 7.15. The molecule has 2 unspecified atom stereocenters. The molecule has 1 aromatic rings. The van der Waals surface area contributed by atoms with Gasteiger partial charge in [-0.1, -0.05) is 40.5 Å². The van der Waals surface area contributed by atoms with Crippen LogP contribution in [0, 0.1) is 5.92 Å². The van der Waals surface area contributed by atoms with E-state index in [-0.39, 0.29) is 11.0 Å². The van der Waals surface area contributed by atoms with Crippen LogP contribution in [0.25, 0.3) is 0 Å². The van der Waals surface area contributed by atoms with Crippen molar-refractivity contribution in [1.82, 2.24) is 9.55 Å². The molecule has 3 heteroatoms. The molecule has 0 aliphatic heterocycles. The number of nitrogens with zero attached hydrogens (tertiary/aromatic N) is 2. The molecule has 2 N–H and O–H groups in total. The molecule has 0 amide bonds. The van der Waals surface area contributed by atoms with E-state index in [0.29, 0.717) is 12.5 Å². The predicted molar refractivity (Wildman–Crippen MR) is 75.6 cm³/mol. The molecule has 0 radical (unpaired) electrons. The Morgan fingerprint density at radius 3 is 2.72 bits per heavy atom. The van der Waals surface area contributed by atoms with E-state index in [4.69, 9.17) is 5.73 Å². The summed E-state index contributed by atoms with van der Waals surface area (Å²) in [5, 5.41) is 0. The first-order valence-corrected chi connectivity index (χ1v) is 7.15. The highest BCUT2D eigenvalue weighted by molar-refractivity contribution is 5.15. The highest BCUT2D eigenvalue weighted by Gasteiger charge is 2.40. The van der Waals surface area contributed by atoms with Crippen LogP contribution in [0.2, 0.25) is 0 Å². The lowest BCUT2D eigenvalue weighted by Gasteiger charge is -2.45. The normalized spacial score (nSPS) is 29.5. The molecule has 1 aliphatic rings. The van der Waals surface area contributed by atoms with Crippen molar-refractivity contribution in [3.05, 3.63) is 18.2 Å². The Morgan fingerprint density at radius 2 is 2.17 bits per heavy atom. The van der Waals surface area contributed by atoms with Crippen molar-refractivity contribution in [1.29, 1.82) is 0 Å². The van der Waals surface area contributed by atoms with Gasteiger partial charge in [0.1, 0.15) is 0 Å². The Hall–Kier alpha value is -0.830. The van der Waals surface area contributed by atoms with Gasteiger partial charge in [-0.25, -0.2) is 4.98 Å². The van der Waals surface area contributed by atoms with Gasteiger partial charge in [-0.3, -0.25) is 0 Å². The van der Waals surface area contributed by atoms with Crippen molar-refractivity contribution < 1.29 is 0 Å². The van der Waals surface area contributed by atoms with E-state index in [9.17, 15) is 0 Å². The number of rotatable bonds is 2. The maximum atomic E-state index is 6.18. The average molecular weight is 249 g/mol. The van der Waals surface area contributed by atoms with E-state index in [1.807, 2.05) is 12.5 Å². The molecule has 1 aromatic heterocycles. The summed E-state index contributed by atoms with van der Waals surface area (Å²) in [6, 6.07) is 0. The Bertz CT molecular complexity index is 402. The van der Waals surface area contributed by atoms with Gasteiger partial charge in [0, 0.05) is 23.9 Å². The molecule has 1 aliphatic carbocycles. The highest BCUT2D eigenvalue weighted by Crippen LogP contribution is 2.41. The number of hydrogen-bond acceptors (Lipinski definition) is 2. The van der Waals surface area contributed by atoms with Crippen molar-refractivity contribution >= 4 is 0 Å². The van der Waals surface area contributed by atoms with Gasteiger partial charge in [-0.2, -0.15) is 0 Å². The third-order valence-corrected chi connectivity index (χ3v) is 4.65. The number of hydrogen-bond donors (Lipinski definition) is 1. The Kier molecular flexibility index (Phi) is 3.54. The van der Waals surface area contributed by atoms with Crippen molar-refractivity contribution in [2.24, 2.45) is 11.7 Å². The first kappa shape index (κ1) is 13.6. The second-order valence-corrected chi connectivity index (χ2v) is 6.85. The summed E-state index contributed by atoms with van der Waals surface area (Å²) >= 11 is 0. The van der Waals surface area contributed by atoms with E-state index in [0.717, 1.165) is 0 Å². The van der Waals surface area contributed by atoms with Gasteiger partial charge in [-0.15, -0.1) is 0 Å². The Morgan fingerprint density at radius 1 is 1.44 bits per heavy atom. The lowest BCUT2D eigenvalue weighted by Crippen LogP contribution is -2.49. The second-order valence-electron chi connectivity index (χ2n) is 6.85. The van der Waals surface area contributed by atoms with Gasteiger partial charge in [0.05, 0.1) is 11.9 Å². The van der Waals surface area contributed by atoms with Crippen LogP contribution < -0.4 is 5.73 Å². The topological polar surface area (TPSA) is 43.8 Å². The maximum Gasteiger partial charge on any atom is 0.0954 e. The average Bonchev–Trinajstić information content (AvgIpc) is 2.79. The summed E-state index contributed by atoms with van der Waals surface area (Å²) in [4.78, 5) is 4.40. The predicted octanol–water partition coefficient (Wildman–Crippen LogP) is 3.04. The van der Waals surface area contributed by atoms with Gasteiger partial charge in [0.15, 0.2) is 0 Å². The third-order valence-electron chi connectivity index (χ3n) is 4.65. The van der Waals surface area contributed by atoms with E-state index in [2.05, 4.69) is 37.2 Å². The molecule has 0 aromatic carbocycles. The number of nitrogens with two attached hydrogens (primary N) is 1. The standard InChI is InChI=1S/C15H27N3/c1-12-7-5-6-8-15(12,10-16)18-11-17-9-13(18)14(2,3)4/h9,11-12H,5-8,10,16H2,1-4H3. The fraction of sp³-hybridized carbons (Fsp3) is 0.800. The smallest absolute Gasteiger partial charge is 0.0954 e. The fourth-order valence-electron chi connectivity index (χ4n) is 3.36. The molecule has 1 fully saturated rings. The summed E-state index contributed by atoms with van der Waals surface area (Å²) in [5.74, 6) is 0.631. The third kappa shape index (κ3) is 2.09. The Balaban J connectivity index is 2.48. The molecule has 102 valence electrons. The molecule has 18 heavy (non-hydrogen) atoms. The van der Waals surface area contributed by atoms with Gasteiger partial charge >= 0.3 is 0 Å². The molecule has 2 atom stereocenters. The lowest BCUT2D eigenvalue weighted by molar-refractivity contribution is 0.118. The van der Waals surface area contributed by atoms with Gasteiger partial charge < -0.3 is 10.3 Å². The molecule has 1 heterocycles. The van der Waals surface area contributed by atoms with Crippen molar-refractivity contribution in [2.45, 2.75) is 64.3 Å². The maximum absolute atomic E-state index is 6.18. The van der Waals surface area contributed by atoms with Gasteiger partial charge in [-0.05, 0) is 18.8 Å². The molecule has 3 nitrogen and oxygen atoms in total. The number of imidazole rings is 1. The minimum absolute atomic E-state index is 0.0807. The van der Waals surface area contributed by atoms with Crippen LogP contribution in [0.15, 0.2) is 12.5 Å². The summed E-state index contributed by atoms with van der Waals surface area (Å²) in [5.41, 5.74) is 7.69. The van der Waals surface area contributed by atoms with Gasteiger partial charge in [0.2, 0.25) is 0 Å². The van der Waals surface area contributed by atoms with Crippen LogP contribution in [-0.2, 0) is 11.0 Å². The zero-order chi connectivity index (χ0) is 13.4. The minimum atomic E-state index is 0.0807. The molecular weight excluding hydrogens is 222 g/mol. The SMILES string of the molecule is CC1CCCCC1(CN)n1cncc1C(C)(C)C. The quantitative estimate of drug-likeness (QED) is 0.875. The van der Waals surface area contributed by atoms with Crippen molar-refractivity contribution in [2.75, 3.05) is 6.54 Å². The lowest BCUT2D eigenvalue weighted by atomic mass is 9.72. The van der Waals surface area contributed by atoms with Crippen LogP contribution in [0.5, 0.6) is 0 Å². The molecule has 0 saturated heterocycles. The van der Waals surface area contributed by atoms with Crippen LogP contribution >= 0.6 is 0 Å². The zero-order valence-electron chi connectivity index (χ0n) is 12.2. The fourth-order valence-corrected chi connectivity index (χ4v) is 3.36. The summed E-state index contributed by atoms with van der Waals surface area (Å²) in [7, 11) is 0. The minimum Gasteiger partial charge on any atom is -0.328 e. The first-order chi connectivity index (χ1) is 8.42. The molecule has 2 rings (SSSR count).